The molecule has 1 saturated carbocycles. The van der Waals surface area contributed by atoms with Gasteiger partial charge in [0.2, 0.25) is 0 Å². The minimum absolute atomic E-state index is 0.213. The fraction of sp³-hybridized carbons (Fsp3) is 0.533. The summed E-state index contributed by atoms with van der Waals surface area (Å²) in [6.07, 6.45) is 3.47. The number of benzene rings is 1. The molecule has 2 nitrogen and oxygen atoms in total. The number of thiocarbonyl (C=S) groups is 1. The number of halogens is 1. The van der Waals surface area contributed by atoms with E-state index in [1.807, 2.05) is 6.07 Å². The molecule has 4 heteroatoms. The molecule has 1 atom stereocenters. The van der Waals surface area contributed by atoms with Gasteiger partial charge in [-0.1, -0.05) is 19.9 Å². The van der Waals surface area contributed by atoms with Gasteiger partial charge in [0.15, 0.2) is 5.11 Å². The summed E-state index contributed by atoms with van der Waals surface area (Å²) >= 11 is 5.28. The fourth-order valence-electron chi connectivity index (χ4n) is 2.58. The molecule has 0 heterocycles. The van der Waals surface area contributed by atoms with E-state index in [4.69, 9.17) is 12.2 Å². The maximum atomic E-state index is 13.4. The molecule has 1 aromatic carbocycles. The maximum absolute atomic E-state index is 13.4. The highest BCUT2D eigenvalue weighted by atomic mass is 32.1. The van der Waals surface area contributed by atoms with E-state index in [-0.39, 0.29) is 5.82 Å². The second kappa shape index (κ2) is 5.45. The van der Waals surface area contributed by atoms with Crippen molar-refractivity contribution in [2.24, 2.45) is 5.41 Å². The molecule has 2 rings (SSSR count). The van der Waals surface area contributed by atoms with E-state index in [1.165, 1.54) is 12.5 Å². The molecule has 19 heavy (non-hydrogen) atoms. The van der Waals surface area contributed by atoms with Gasteiger partial charge >= 0.3 is 0 Å². The SMILES string of the molecule is Cc1ccc(NC(=S)NC2CCC(C)(C)C2)cc1F. The second-order valence-corrected chi connectivity index (χ2v) is 6.57. The molecular weight excluding hydrogens is 259 g/mol. The number of anilines is 1. The summed E-state index contributed by atoms with van der Waals surface area (Å²) in [5.74, 6) is -0.213. The Morgan fingerprint density at radius 2 is 2.16 bits per heavy atom. The summed E-state index contributed by atoms with van der Waals surface area (Å²) < 4.78 is 13.4. The largest absolute Gasteiger partial charge is 0.360 e. The molecule has 1 aliphatic carbocycles. The van der Waals surface area contributed by atoms with Crippen molar-refractivity contribution in [2.45, 2.75) is 46.1 Å². The molecule has 1 fully saturated rings. The summed E-state index contributed by atoms with van der Waals surface area (Å²) in [7, 11) is 0. The van der Waals surface area contributed by atoms with Gasteiger partial charge in [-0.15, -0.1) is 0 Å². The van der Waals surface area contributed by atoms with E-state index in [0.29, 0.717) is 27.8 Å². The molecular formula is C15H21FN2S. The second-order valence-electron chi connectivity index (χ2n) is 6.17. The predicted molar refractivity (Wildman–Crippen MR) is 81.9 cm³/mol. The van der Waals surface area contributed by atoms with Crippen molar-refractivity contribution in [3.63, 3.8) is 0 Å². The highest BCUT2D eigenvalue weighted by molar-refractivity contribution is 7.80. The van der Waals surface area contributed by atoms with E-state index < -0.39 is 0 Å². The Balaban J connectivity index is 1.89. The number of aryl methyl sites for hydroxylation is 1. The van der Waals surface area contributed by atoms with Gasteiger partial charge in [0, 0.05) is 11.7 Å². The van der Waals surface area contributed by atoms with E-state index >= 15 is 0 Å². The van der Waals surface area contributed by atoms with Gasteiger partial charge in [-0.2, -0.15) is 0 Å². The zero-order valence-electron chi connectivity index (χ0n) is 11.7. The first-order valence-corrected chi connectivity index (χ1v) is 7.10. The maximum Gasteiger partial charge on any atom is 0.170 e. The minimum atomic E-state index is -0.213. The Bertz CT molecular complexity index is 485. The van der Waals surface area contributed by atoms with Crippen LogP contribution in [0.25, 0.3) is 0 Å². The van der Waals surface area contributed by atoms with Crippen LogP contribution >= 0.6 is 12.2 Å². The lowest BCUT2D eigenvalue weighted by Gasteiger charge is -2.19. The van der Waals surface area contributed by atoms with Gasteiger partial charge in [0.25, 0.3) is 0 Å². The lowest BCUT2D eigenvalue weighted by Crippen LogP contribution is -2.36. The Hall–Kier alpha value is -1.16. The summed E-state index contributed by atoms with van der Waals surface area (Å²) in [5, 5.41) is 6.93. The standard InChI is InChI=1S/C15H21FN2S/c1-10-4-5-11(8-13(10)16)17-14(19)18-12-6-7-15(2,3)9-12/h4-5,8,12H,6-7,9H2,1-3H3,(H2,17,18,19). The van der Waals surface area contributed by atoms with Crippen LogP contribution in [0.3, 0.4) is 0 Å². The molecule has 0 amide bonds. The number of hydrogen-bond acceptors (Lipinski definition) is 1. The molecule has 0 aromatic heterocycles. The van der Waals surface area contributed by atoms with Gasteiger partial charge in [-0.25, -0.2) is 4.39 Å². The van der Waals surface area contributed by atoms with E-state index in [1.54, 1.807) is 13.0 Å². The molecule has 104 valence electrons. The molecule has 1 aliphatic rings. The quantitative estimate of drug-likeness (QED) is 0.801. The van der Waals surface area contributed by atoms with E-state index in [0.717, 1.165) is 12.8 Å². The molecule has 1 unspecified atom stereocenters. The fourth-order valence-corrected chi connectivity index (χ4v) is 2.87. The first kappa shape index (κ1) is 14.3. The monoisotopic (exact) mass is 280 g/mol. The predicted octanol–water partition coefficient (Wildman–Crippen LogP) is 4.00. The van der Waals surface area contributed by atoms with Crippen molar-refractivity contribution in [1.82, 2.24) is 5.32 Å². The highest BCUT2D eigenvalue weighted by Crippen LogP contribution is 2.36. The van der Waals surface area contributed by atoms with Crippen LogP contribution in [0.15, 0.2) is 18.2 Å². The summed E-state index contributed by atoms with van der Waals surface area (Å²) in [6.45, 7) is 6.30. The number of rotatable bonds is 2. The van der Waals surface area contributed by atoms with Gasteiger partial charge in [-0.3, -0.25) is 0 Å². The third-order valence-corrected chi connectivity index (χ3v) is 3.95. The average molecular weight is 280 g/mol. The van der Waals surface area contributed by atoms with Crippen molar-refractivity contribution in [2.75, 3.05) is 5.32 Å². The molecule has 0 spiro atoms. The van der Waals surface area contributed by atoms with Crippen molar-refractivity contribution >= 4 is 23.0 Å². The Morgan fingerprint density at radius 3 is 2.74 bits per heavy atom. The molecule has 0 aliphatic heterocycles. The van der Waals surface area contributed by atoms with Crippen LogP contribution in [0, 0.1) is 18.2 Å². The van der Waals surface area contributed by atoms with Crippen LogP contribution in [-0.2, 0) is 0 Å². The molecule has 0 radical (unpaired) electrons. The van der Waals surface area contributed by atoms with E-state index in [2.05, 4.69) is 24.5 Å². The highest BCUT2D eigenvalue weighted by Gasteiger charge is 2.31. The van der Waals surface area contributed by atoms with Gasteiger partial charge in [0.1, 0.15) is 5.82 Å². The zero-order chi connectivity index (χ0) is 14.0. The van der Waals surface area contributed by atoms with Crippen molar-refractivity contribution < 1.29 is 4.39 Å². The van der Waals surface area contributed by atoms with Gasteiger partial charge in [-0.05, 0) is 61.5 Å². The van der Waals surface area contributed by atoms with Crippen molar-refractivity contribution in [3.8, 4) is 0 Å². The summed E-state index contributed by atoms with van der Waals surface area (Å²) in [4.78, 5) is 0. The van der Waals surface area contributed by atoms with Gasteiger partial charge < -0.3 is 10.6 Å². The van der Waals surface area contributed by atoms with E-state index in [9.17, 15) is 4.39 Å². The normalized spacial score (nSPS) is 21.2. The van der Waals surface area contributed by atoms with Crippen LogP contribution in [0.5, 0.6) is 0 Å². The third-order valence-electron chi connectivity index (χ3n) is 3.73. The van der Waals surface area contributed by atoms with Gasteiger partial charge in [0.05, 0.1) is 0 Å². The molecule has 0 bridgehead atoms. The molecule has 1 aromatic rings. The van der Waals surface area contributed by atoms with Crippen LogP contribution in [-0.4, -0.2) is 11.2 Å². The zero-order valence-corrected chi connectivity index (χ0v) is 12.5. The van der Waals surface area contributed by atoms with Crippen molar-refractivity contribution in [3.05, 3.63) is 29.6 Å². The number of hydrogen-bond donors (Lipinski definition) is 2. The Labute approximate surface area is 119 Å². The summed E-state index contributed by atoms with van der Waals surface area (Å²) in [6, 6.07) is 5.48. The average Bonchev–Trinajstić information content (AvgIpc) is 2.63. The first-order chi connectivity index (χ1) is 8.85. The first-order valence-electron chi connectivity index (χ1n) is 6.69. The Kier molecular flexibility index (Phi) is 4.09. The lowest BCUT2D eigenvalue weighted by atomic mass is 9.92. The van der Waals surface area contributed by atoms with Crippen LogP contribution in [0.4, 0.5) is 10.1 Å². The smallest absolute Gasteiger partial charge is 0.170 e. The molecule has 2 N–H and O–H groups in total. The minimum Gasteiger partial charge on any atom is -0.360 e. The van der Waals surface area contributed by atoms with Crippen LogP contribution in [0.1, 0.15) is 38.7 Å². The topological polar surface area (TPSA) is 24.1 Å². The lowest BCUT2D eigenvalue weighted by molar-refractivity contribution is 0.372. The molecule has 0 saturated heterocycles. The summed E-state index contributed by atoms with van der Waals surface area (Å²) in [5.41, 5.74) is 1.73. The van der Waals surface area contributed by atoms with Crippen LogP contribution in [0.2, 0.25) is 0 Å². The van der Waals surface area contributed by atoms with Crippen LogP contribution < -0.4 is 10.6 Å². The third kappa shape index (κ3) is 3.90. The number of nitrogens with one attached hydrogen (secondary N) is 2. The Morgan fingerprint density at radius 1 is 1.42 bits per heavy atom. The van der Waals surface area contributed by atoms with Crippen molar-refractivity contribution in [1.29, 1.82) is 0 Å².